The smallest absolute Gasteiger partial charge is 0.265 e. The lowest BCUT2D eigenvalue weighted by Gasteiger charge is -2.37. The van der Waals surface area contributed by atoms with E-state index in [-0.39, 0.29) is 30.5 Å². The van der Waals surface area contributed by atoms with Gasteiger partial charge >= 0.3 is 0 Å². The predicted octanol–water partition coefficient (Wildman–Crippen LogP) is 2.26. The average molecular weight is 439 g/mol. The van der Waals surface area contributed by atoms with Crippen molar-refractivity contribution >= 4 is 39.1 Å². The number of piperidine rings is 1. The number of likely N-dealkylation sites (tertiary alicyclic amines) is 1. The summed E-state index contributed by atoms with van der Waals surface area (Å²) in [4.78, 5) is 47.3. The van der Waals surface area contributed by atoms with Gasteiger partial charge in [0, 0.05) is 13.1 Å². The van der Waals surface area contributed by atoms with Crippen LogP contribution in [0.3, 0.4) is 0 Å². The molecule has 1 fully saturated rings. The number of para-hydroxylation sites is 2. The summed E-state index contributed by atoms with van der Waals surface area (Å²) in [6, 6.07) is 8.90. The zero-order chi connectivity index (χ0) is 21.4. The quantitative estimate of drug-likeness (QED) is 0.626. The van der Waals surface area contributed by atoms with E-state index in [2.05, 4.69) is 4.98 Å². The summed E-state index contributed by atoms with van der Waals surface area (Å²) < 4.78 is 7.30. The Kier molecular flexibility index (Phi) is 5.19. The number of hydrogen-bond acceptors (Lipinski definition) is 6. The molecule has 3 aromatic rings. The van der Waals surface area contributed by atoms with Gasteiger partial charge in [-0.15, -0.1) is 11.3 Å². The third-order valence-corrected chi connectivity index (χ3v) is 6.59. The van der Waals surface area contributed by atoms with Crippen molar-refractivity contribution in [2.45, 2.75) is 31.9 Å². The molecule has 0 spiro atoms. The maximum atomic E-state index is 13.3. The molecule has 2 aliphatic heterocycles. The monoisotopic (exact) mass is 438 g/mol. The minimum absolute atomic E-state index is 0.0921. The zero-order valence-electron chi connectivity index (χ0n) is 16.9. The summed E-state index contributed by atoms with van der Waals surface area (Å²) in [5, 5.41) is 2.31. The van der Waals surface area contributed by atoms with E-state index in [0.29, 0.717) is 21.7 Å². The minimum Gasteiger partial charge on any atom is -0.476 e. The minimum atomic E-state index is -0.758. The first-order valence-electron chi connectivity index (χ1n) is 10.4. The number of hydrogen-bond donors (Lipinski definition) is 0. The fourth-order valence-corrected chi connectivity index (χ4v) is 4.88. The molecule has 1 atom stereocenters. The van der Waals surface area contributed by atoms with Crippen LogP contribution in [-0.2, 0) is 16.1 Å². The molecule has 5 rings (SSSR count). The Balaban J connectivity index is 1.42. The molecule has 160 valence electrons. The fourth-order valence-electron chi connectivity index (χ4n) is 4.15. The van der Waals surface area contributed by atoms with Gasteiger partial charge in [-0.3, -0.25) is 19.0 Å². The molecule has 2 aliphatic rings. The first-order chi connectivity index (χ1) is 15.1. The lowest BCUT2D eigenvalue weighted by atomic mass is 10.1. The van der Waals surface area contributed by atoms with Gasteiger partial charge in [0.1, 0.15) is 17.1 Å². The van der Waals surface area contributed by atoms with Crippen LogP contribution in [0.5, 0.6) is 5.75 Å². The molecule has 8 nitrogen and oxygen atoms in total. The SMILES string of the molecule is O=C(C1CN(C(=O)Cn2cnc3sccc3c2=O)c2ccccc2O1)N1CCCCC1. The number of nitrogens with zero attached hydrogens (tertiary/aromatic N) is 4. The molecule has 0 aliphatic carbocycles. The maximum Gasteiger partial charge on any atom is 0.265 e. The van der Waals surface area contributed by atoms with Gasteiger partial charge in [-0.05, 0) is 42.8 Å². The highest BCUT2D eigenvalue weighted by atomic mass is 32.1. The molecule has 1 saturated heterocycles. The number of thiophene rings is 1. The Morgan fingerprint density at radius 2 is 1.94 bits per heavy atom. The lowest BCUT2D eigenvalue weighted by Crippen LogP contribution is -2.53. The van der Waals surface area contributed by atoms with E-state index in [1.807, 2.05) is 17.0 Å². The van der Waals surface area contributed by atoms with E-state index in [0.717, 1.165) is 32.4 Å². The van der Waals surface area contributed by atoms with Crippen LogP contribution in [-0.4, -0.2) is 52.0 Å². The average Bonchev–Trinajstić information content (AvgIpc) is 3.30. The number of fused-ring (bicyclic) bond motifs is 2. The summed E-state index contributed by atoms with van der Waals surface area (Å²) >= 11 is 1.39. The summed E-state index contributed by atoms with van der Waals surface area (Å²) in [7, 11) is 0. The molecule has 1 aromatic carbocycles. The van der Waals surface area contributed by atoms with Crippen LogP contribution in [0.1, 0.15) is 19.3 Å². The Hall–Kier alpha value is -3.20. The van der Waals surface area contributed by atoms with Gasteiger partial charge in [0.2, 0.25) is 5.91 Å². The second kappa shape index (κ2) is 8.14. The van der Waals surface area contributed by atoms with E-state index in [9.17, 15) is 14.4 Å². The van der Waals surface area contributed by atoms with Crippen molar-refractivity contribution < 1.29 is 14.3 Å². The largest absolute Gasteiger partial charge is 0.476 e. The maximum absolute atomic E-state index is 13.3. The Morgan fingerprint density at radius 3 is 2.77 bits per heavy atom. The van der Waals surface area contributed by atoms with E-state index in [1.54, 1.807) is 28.5 Å². The number of carbonyl (C=O) groups excluding carboxylic acids is 2. The van der Waals surface area contributed by atoms with Crippen molar-refractivity contribution in [2.24, 2.45) is 0 Å². The van der Waals surface area contributed by atoms with Gasteiger partial charge in [0.05, 0.1) is 23.9 Å². The number of amides is 2. The van der Waals surface area contributed by atoms with Gasteiger partial charge in [0.15, 0.2) is 6.10 Å². The number of anilines is 1. The first kappa shape index (κ1) is 19.7. The van der Waals surface area contributed by atoms with Gasteiger partial charge in [-0.1, -0.05) is 12.1 Å². The van der Waals surface area contributed by atoms with E-state index < -0.39 is 6.10 Å². The van der Waals surface area contributed by atoms with Gasteiger partial charge in [0.25, 0.3) is 11.5 Å². The standard InChI is InChI=1S/C22H22N4O4S/c27-19(13-25-14-23-20-15(21(25)28)8-11-31-20)26-12-18(22(29)24-9-4-1-5-10-24)30-17-7-3-2-6-16(17)26/h2-3,6-8,11,14,18H,1,4-5,9-10,12-13H2. The summed E-state index contributed by atoms with van der Waals surface area (Å²) in [5.41, 5.74) is 0.356. The Bertz CT molecular complexity index is 1200. The molecule has 0 radical (unpaired) electrons. The van der Waals surface area contributed by atoms with Crippen molar-refractivity contribution in [1.82, 2.24) is 14.5 Å². The third kappa shape index (κ3) is 3.69. The molecular formula is C22H22N4O4S. The third-order valence-electron chi connectivity index (χ3n) is 5.77. The normalized spacial score (nSPS) is 18.5. The van der Waals surface area contributed by atoms with Crippen LogP contribution in [0, 0.1) is 0 Å². The van der Waals surface area contributed by atoms with Gasteiger partial charge in [-0.2, -0.15) is 0 Å². The lowest BCUT2D eigenvalue weighted by molar-refractivity contribution is -0.139. The van der Waals surface area contributed by atoms with Crippen LogP contribution >= 0.6 is 11.3 Å². The number of carbonyl (C=O) groups is 2. The predicted molar refractivity (Wildman–Crippen MR) is 118 cm³/mol. The Labute approximate surface area is 182 Å². The van der Waals surface area contributed by atoms with Crippen molar-refractivity contribution in [2.75, 3.05) is 24.5 Å². The zero-order valence-corrected chi connectivity index (χ0v) is 17.7. The second-order valence-corrected chi connectivity index (χ2v) is 8.68. The van der Waals surface area contributed by atoms with Crippen molar-refractivity contribution in [1.29, 1.82) is 0 Å². The van der Waals surface area contributed by atoms with Crippen LogP contribution in [0.2, 0.25) is 0 Å². The van der Waals surface area contributed by atoms with Crippen molar-refractivity contribution in [3.05, 3.63) is 52.4 Å². The van der Waals surface area contributed by atoms with Crippen molar-refractivity contribution in [3.63, 3.8) is 0 Å². The molecule has 2 aromatic heterocycles. The van der Waals surface area contributed by atoms with E-state index in [1.165, 1.54) is 22.2 Å². The first-order valence-corrected chi connectivity index (χ1v) is 11.3. The van der Waals surface area contributed by atoms with E-state index >= 15 is 0 Å². The highest BCUT2D eigenvalue weighted by molar-refractivity contribution is 7.16. The molecule has 9 heteroatoms. The molecule has 2 amide bonds. The van der Waals surface area contributed by atoms with Crippen molar-refractivity contribution in [3.8, 4) is 5.75 Å². The van der Waals surface area contributed by atoms with Crippen LogP contribution in [0.15, 0.2) is 46.8 Å². The molecule has 31 heavy (non-hydrogen) atoms. The van der Waals surface area contributed by atoms with E-state index in [4.69, 9.17) is 4.74 Å². The van der Waals surface area contributed by atoms with Crippen LogP contribution in [0.4, 0.5) is 5.69 Å². The topological polar surface area (TPSA) is 84.7 Å². The summed E-state index contributed by atoms with van der Waals surface area (Å²) in [6.07, 6.45) is 3.74. The summed E-state index contributed by atoms with van der Waals surface area (Å²) in [6.45, 7) is 1.40. The molecule has 4 heterocycles. The van der Waals surface area contributed by atoms with Crippen LogP contribution in [0.25, 0.3) is 10.2 Å². The molecular weight excluding hydrogens is 416 g/mol. The highest BCUT2D eigenvalue weighted by Gasteiger charge is 2.36. The second-order valence-electron chi connectivity index (χ2n) is 7.78. The fraction of sp³-hybridized carbons (Fsp3) is 0.364. The molecule has 0 saturated carbocycles. The number of ether oxygens (including phenoxy) is 1. The van der Waals surface area contributed by atoms with Crippen LogP contribution < -0.4 is 15.2 Å². The molecule has 0 bridgehead atoms. The number of benzene rings is 1. The Morgan fingerprint density at radius 1 is 1.13 bits per heavy atom. The van der Waals surface area contributed by atoms with Gasteiger partial charge < -0.3 is 14.5 Å². The summed E-state index contributed by atoms with van der Waals surface area (Å²) in [5.74, 6) is 0.118. The molecule has 1 unspecified atom stereocenters. The number of aromatic nitrogens is 2. The highest BCUT2D eigenvalue weighted by Crippen LogP contribution is 2.34. The number of rotatable bonds is 3. The van der Waals surface area contributed by atoms with Gasteiger partial charge in [-0.25, -0.2) is 4.98 Å². The molecule has 0 N–H and O–H groups in total.